The average molecular weight is 169 g/mol. The van der Waals surface area contributed by atoms with E-state index in [1.807, 2.05) is 6.08 Å². The van der Waals surface area contributed by atoms with Gasteiger partial charge >= 0.3 is 0 Å². The lowest BCUT2D eigenvalue weighted by Gasteiger charge is -2.29. The van der Waals surface area contributed by atoms with E-state index in [4.69, 9.17) is 0 Å². The highest BCUT2D eigenvalue weighted by atomic mass is 14.9. The smallest absolute Gasteiger partial charge is 0.000509 e. The van der Waals surface area contributed by atoms with Gasteiger partial charge in [-0.15, -0.1) is 6.58 Å². The fraction of sp³-hybridized carbons (Fsp3) is 0.818. The summed E-state index contributed by atoms with van der Waals surface area (Å²) in [5.41, 5.74) is 0.404. The molecule has 0 radical (unpaired) electrons. The monoisotopic (exact) mass is 169 g/mol. The molecule has 0 aromatic carbocycles. The Kier molecular flexibility index (Phi) is 5.23. The summed E-state index contributed by atoms with van der Waals surface area (Å²) in [7, 11) is 0. The van der Waals surface area contributed by atoms with Crippen molar-refractivity contribution in [3.05, 3.63) is 12.7 Å². The van der Waals surface area contributed by atoms with Crippen molar-refractivity contribution in [2.24, 2.45) is 11.3 Å². The predicted molar refractivity (Wildman–Crippen MR) is 56.3 cm³/mol. The fourth-order valence-corrected chi connectivity index (χ4v) is 0.819. The Hall–Kier alpha value is -0.300. The van der Waals surface area contributed by atoms with Gasteiger partial charge in [0.2, 0.25) is 0 Å². The molecule has 1 nitrogen and oxygen atoms in total. The van der Waals surface area contributed by atoms with Crippen molar-refractivity contribution in [2.45, 2.75) is 34.1 Å². The van der Waals surface area contributed by atoms with E-state index in [1.54, 1.807) is 0 Å². The maximum Gasteiger partial charge on any atom is 0.000509 e. The van der Waals surface area contributed by atoms with Gasteiger partial charge in [-0.05, 0) is 24.3 Å². The molecule has 72 valence electrons. The standard InChI is InChI=1S/C11H23N/c1-6-7-8-12-9-11(4,5)10(2)3/h6,10,12H,1,7-9H2,2-5H3. The second-order valence-electron chi connectivity index (χ2n) is 4.40. The molecule has 1 N–H and O–H groups in total. The lowest BCUT2D eigenvalue weighted by Crippen LogP contribution is -2.33. The number of nitrogens with one attached hydrogen (secondary N) is 1. The second kappa shape index (κ2) is 5.36. The molecule has 12 heavy (non-hydrogen) atoms. The van der Waals surface area contributed by atoms with Gasteiger partial charge in [-0.2, -0.15) is 0 Å². The Balaban J connectivity index is 3.54. The van der Waals surface area contributed by atoms with Crippen LogP contribution in [0.4, 0.5) is 0 Å². The summed E-state index contributed by atoms with van der Waals surface area (Å²) >= 11 is 0. The summed E-state index contributed by atoms with van der Waals surface area (Å²) in [5, 5.41) is 3.44. The highest BCUT2D eigenvalue weighted by Gasteiger charge is 2.20. The Morgan fingerprint density at radius 3 is 2.42 bits per heavy atom. The summed E-state index contributed by atoms with van der Waals surface area (Å²) in [6, 6.07) is 0. The first-order chi connectivity index (χ1) is 5.50. The summed E-state index contributed by atoms with van der Waals surface area (Å²) in [4.78, 5) is 0. The van der Waals surface area contributed by atoms with Crippen LogP contribution < -0.4 is 5.32 Å². The molecule has 0 atom stereocenters. The molecule has 0 fully saturated rings. The van der Waals surface area contributed by atoms with Crippen molar-refractivity contribution in [1.82, 2.24) is 5.32 Å². The molecule has 0 spiro atoms. The molecule has 0 heterocycles. The number of rotatable bonds is 6. The third kappa shape index (κ3) is 4.55. The van der Waals surface area contributed by atoms with Gasteiger partial charge in [0.25, 0.3) is 0 Å². The topological polar surface area (TPSA) is 12.0 Å². The third-order valence-corrected chi connectivity index (χ3v) is 2.67. The number of hydrogen-bond donors (Lipinski definition) is 1. The van der Waals surface area contributed by atoms with Gasteiger partial charge in [-0.25, -0.2) is 0 Å². The van der Waals surface area contributed by atoms with Crippen molar-refractivity contribution in [2.75, 3.05) is 13.1 Å². The second-order valence-corrected chi connectivity index (χ2v) is 4.40. The summed E-state index contributed by atoms with van der Waals surface area (Å²) in [6.45, 7) is 15.0. The van der Waals surface area contributed by atoms with Crippen LogP contribution in [0.1, 0.15) is 34.1 Å². The molecule has 0 aromatic heterocycles. The van der Waals surface area contributed by atoms with E-state index < -0.39 is 0 Å². The minimum Gasteiger partial charge on any atom is -0.316 e. The molecular formula is C11H23N. The fourth-order valence-electron chi connectivity index (χ4n) is 0.819. The summed E-state index contributed by atoms with van der Waals surface area (Å²) in [6.07, 6.45) is 3.02. The van der Waals surface area contributed by atoms with Crippen LogP contribution in [-0.2, 0) is 0 Å². The molecule has 0 bridgehead atoms. The Morgan fingerprint density at radius 1 is 1.42 bits per heavy atom. The zero-order chi connectivity index (χ0) is 9.61. The van der Waals surface area contributed by atoms with Crippen LogP contribution in [0.3, 0.4) is 0 Å². The third-order valence-electron chi connectivity index (χ3n) is 2.67. The van der Waals surface area contributed by atoms with E-state index in [0.29, 0.717) is 5.41 Å². The molecule has 0 rings (SSSR count). The first-order valence-electron chi connectivity index (χ1n) is 4.82. The molecule has 0 saturated carbocycles. The molecule has 0 aliphatic carbocycles. The molecule has 0 saturated heterocycles. The van der Waals surface area contributed by atoms with Gasteiger partial charge in [0.15, 0.2) is 0 Å². The Bertz CT molecular complexity index is 125. The lowest BCUT2D eigenvalue weighted by atomic mass is 9.81. The molecular weight excluding hydrogens is 146 g/mol. The summed E-state index contributed by atoms with van der Waals surface area (Å²) in [5.74, 6) is 0.730. The first kappa shape index (κ1) is 11.7. The molecule has 0 aromatic rings. The normalized spacial score (nSPS) is 12.1. The van der Waals surface area contributed by atoms with Crippen molar-refractivity contribution >= 4 is 0 Å². The first-order valence-corrected chi connectivity index (χ1v) is 4.82. The van der Waals surface area contributed by atoms with Crippen LogP contribution in [0.5, 0.6) is 0 Å². The zero-order valence-corrected chi connectivity index (χ0v) is 8.98. The van der Waals surface area contributed by atoms with Gasteiger partial charge in [-0.3, -0.25) is 0 Å². The Morgan fingerprint density at radius 2 is 2.00 bits per heavy atom. The Labute approximate surface area is 77.2 Å². The molecule has 0 aliphatic heterocycles. The highest BCUT2D eigenvalue weighted by Crippen LogP contribution is 2.24. The van der Waals surface area contributed by atoms with Crippen molar-refractivity contribution in [3.8, 4) is 0 Å². The molecule has 0 unspecified atom stereocenters. The predicted octanol–water partition coefficient (Wildman–Crippen LogP) is 2.83. The van der Waals surface area contributed by atoms with E-state index in [9.17, 15) is 0 Å². The van der Waals surface area contributed by atoms with Crippen LogP contribution in [0, 0.1) is 11.3 Å². The van der Waals surface area contributed by atoms with Crippen LogP contribution in [0.25, 0.3) is 0 Å². The molecule has 0 aliphatic rings. The quantitative estimate of drug-likeness (QED) is 0.476. The van der Waals surface area contributed by atoms with E-state index in [1.165, 1.54) is 0 Å². The lowest BCUT2D eigenvalue weighted by molar-refractivity contribution is 0.239. The summed E-state index contributed by atoms with van der Waals surface area (Å²) < 4.78 is 0. The van der Waals surface area contributed by atoms with Gasteiger partial charge in [0.05, 0.1) is 0 Å². The molecule has 0 amide bonds. The minimum atomic E-state index is 0.404. The average Bonchev–Trinajstić information content (AvgIpc) is 1.98. The largest absolute Gasteiger partial charge is 0.316 e. The van der Waals surface area contributed by atoms with Crippen molar-refractivity contribution in [3.63, 3.8) is 0 Å². The SMILES string of the molecule is C=CCCNCC(C)(C)C(C)C. The van der Waals surface area contributed by atoms with Gasteiger partial charge in [0.1, 0.15) is 0 Å². The van der Waals surface area contributed by atoms with Crippen LogP contribution >= 0.6 is 0 Å². The van der Waals surface area contributed by atoms with Gasteiger partial charge < -0.3 is 5.32 Å². The minimum absolute atomic E-state index is 0.404. The van der Waals surface area contributed by atoms with E-state index >= 15 is 0 Å². The maximum absolute atomic E-state index is 3.69. The highest BCUT2D eigenvalue weighted by molar-refractivity contribution is 4.76. The van der Waals surface area contributed by atoms with Crippen LogP contribution in [-0.4, -0.2) is 13.1 Å². The molecule has 1 heteroatoms. The van der Waals surface area contributed by atoms with Gasteiger partial charge in [-0.1, -0.05) is 33.8 Å². The van der Waals surface area contributed by atoms with Crippen LogP contribution in [0.15, 0.2) is 12.7 Å². The van der Waals surface area contributed by atoms with Gasteiger partial charge in [0, 0.05) is 6.54 Å². The maximum atomic E-state index is 3.69. The zero-order valence-electron chi connectivity index (χ0n) is 8.98. The van der Waals surface area contributed by atoms with E-state index in [0.717, 1.165) is 25.4 Å². The number of hydrogen-bond acceptors (Lipinski definition) is 1. The van der Waals surface area contributed by atoms with E-state index in [-0.39, 0.29) is 0 Å². The van der Waals surface area contributed by atoms with Crippen molar-refractivity contribution in [1.29, 1.82) is 0 Å². The van der Waals surface area contributed by atoms with E-state index in [2.05, 4.69) is 39.6 Å². The van der Waals surface area contributed by atoms with Crippen molar-refractivity contribution < 1.29 is 0 Å². The van der Waals surface area contributed by atoms with Crippen LogP contribution in [0.2, 0.25) is 0 Å².